The van der Waals surface area contributed by atoms with Crippen molar-refractivity contribution in [2.24, 2.45) is 0 Å². The van der Waals surface area contributed by atoms with Crippen molar-refractivity contribution in [1.29, 1.82) is 0 Å². The van der Waals surface area contributed by atoms with Crippen molar-refractivity contribution in [2.75, 3.05) is 19.5 Å². The van der Waals surface area contributed by atoms with E-state index in [1.807, 2.05) is 29.6 Å². The van der Waals surface area contributed by atoms with Crippen LogP contribution in [0.3, 0.4) is 0 Å². The van der Waals surface area contributed by atoms with Gasteiger partial charge in [0.2, 0.25) is 4.96 Å². The Morgan fingerprint density at radius 3 is 2.26 bits per heavy atom. The maximum absolute atomic E-state index is 12.4. The number of amides is 1. The van der Waals surface area contributed by atoms with E-state index < -0.39 is 0 Å². The standard InChI is InChI=1S/C19H16N4O3S/c1-25-14-7-3-12(4-8-14)16-11-27-19-21-18(22-23(16)19)20-17(24)13-5-9-15(26-2)10-6-13/h3-11H,1-2H3,(H,20,22,24). The van der Waals surface area contributed by atoms with Crippen molar-refractivity contribution >= 4 is 28.2 Å². The Morgan fingerprint density at radius 1 is 1.00 bits per heavy atom. The summed E-state index contributed by atoms with van der Waals surface area (Å²) in [5.74, 6) is 1.46. The third-order valence-electron chi connectivity index (χ3n) is 4.04. The second kappa shape index (κ2) is 7.08. The molecule has 0 spiro atoms. The summed E-state index contributed by atoms with van der Waals surface area (Å²) in [5, 5.41) is 9.13. The average molecular weight is 380 g/mol. The highest BCUT2D eigenvalue weighted by Crippen LogP contribution is 2.27. The van der Waals surface area contributed by atoms with Crippen LogP contribution < -0.4 is 14.8 Å². The third-order valence-corrected chi connectivity index (χ3v) is 4.86. The van der Waals surface area contributed by atoms with Gasteiger partial charge in [-0.3, -0.25) is 10.1 Å². The molecule has 0 fully saturated rings. The summed E-state index contributed by atoms with van der Waals surface area (Å²) in [5.41, 5.74) is 2.39. The first-order valence-electron chi connectivity index (χ1n) is 8.12. The van der Waals surface area contributed by atoms with Crippen LogP contribution in [0.5, 0.6) is 11.5 Å². The lowest BCUT2D eigenvalue weighted by molar-refractivity contribution is 0.102. The molecule has 2 aromatic heterocycles. The van der Waals surface area contributed by atoms with Gasteiger partial charge in [0.15, 0.2) is 0 Å². The van der Waals surface area contributed by atoms with E-state index >= 15 is 0 Å². The Morgan fingerprint density at radius 2 is 1.63 bits per heavy atom. The minimum atomic E-state index is -0.276. The number of rotatable bonds is 5. The van der Waals surface area contributed by atoms with E-state index in [0.717, 1.165) is 17.0 Å². The van der Waals surface area contributed by atoms with E-state index in [1.165, 1.54) is 11.3 Å². The molecule has 4 aromatic rings. The van der Waals surface area contributed by atoms with Crippen LogP contribution in [0.2, 0.25) is 0 Å². The fourth-order valence-electron chi connectivity index (χ4n) is 2.61. The topological polar surface area (TPSA) is 77.8 Å². The molecular weight excluding hydrogens is 364 g/mol. The first kappa shape index (κ1) is 17.0. The Balaban J connectivity index is 1.58. The first-order chi connectivity index (χ1) is 13.2. The fraction of sp³-hybridized carbons (Fsp3) is 0.105. The van der Waals surface area contributed by atoms with Crippen molar-refractivity contribution < 1.29 is 14.3 Å². The summed E-state index contributed by atoms with van der Waals surface area (Å²) < 4.78 is 12.0. The maximum Gasteiger partial charge on any atom is 0.258 e. The third kappa shape index (κ3) is 3.34. The molecule has 7 nitrogen and oxygen atoms in total. The van der Waals surface area contributed by atoms with Crippen LogP contribution in [0.1, 0.15) is 10.4 Å². The molecule has 0 aliphatic heterocycles. The zero-order valence-corrected chi connectivity index (χ0v) is 15.5. The van der Waals surface area contributed by atoms with Gasteiger partial charge in [0.25, 0.3) is 11.9 Å². The molecule has 0 unspecified atom stereocenters. The number of hydrogen-bond donors (Lipinski definition) is 1. The molecule has 4 rings (SSSR count). The van der Waals surface area contributed by atoms with E-state index in [-0.39, 0.29) is 11.9 Å². The average Bonchev–Trinajstić information content (AvgIpc) is 3.28. The highest BCUT2D eigenvalue weighted by Gasteiger charge is 2.14. The number of benzene rings is 2. The van der Waals surface area contributed by atoms with Gasteiger partial charge in [-0.2, -0.15) is 4.98 Å². The molecule has 0 saturated heterocycles. The second-order valence-corrected chi connectivity index (χ2v) is 6.50. The van der Waals surface area contributed by atoms with Gasteiger partial charge in [-0.15, -0.1) is 16.4 Å². The van der Waals surface area contributed by atoms with Gasteiger partial charge in [-0.05, 0) is 48.5 Å². The van der Waals surface area contributed by atoms with Crippen molar-refractivity contribution in [3.05, 3.63) is 59.5 Å². The summed E-state index contributed by atoms with van der Waals surface area (Å²) >= 11 is 1.46. The molecule has 136 valence electrons. The van der Waals surface area contributed by atoms with Crippen molar-refractivity contribution in [3.63, 3.8) is 0 Å². The van der Waals surface area contributed by atoms with Crippen molar-refractivity contribution in [2.45, 2.75) is 0 Å². The highest BCUT2D eigenvalue weighted by atomic mass is 32.1. The molecule has 0 radical (unpaired) electrons. The number of carbonyl (C=O) groups excluding carboxylic acids is 1. The summed E-state index contributed by atoms with van der Waals surface area (Å²) in [6, 6.07) is 14.5. The molecule has 0 saturated carbocycles. The van der Waals surface area contributed by atoms with E-state index in [4.69, 9.17) is 9.47 Å². The zero-order valence-electron chi connectivity index (χ0n) is 14.7. The van der Waals surface area contributed by atoms with Gasteiger partial charge in [0, 0.05) is 16.5 Å². The summed E-state index contributed by atoms with van der Waals surface area (Å²) in [4.78, 5) is 17.5. The summed E-state index contributed by atoms with van der Waals surface area (Å²) in [7, 11) is 3.21. The van der Waals surface area contributed by atoms with Gasteiger partial charge in [-0.25, -0.2) is 4.52 Å². The number of nitrogens with zero attached hydrogens (tertiary/aromatic N) is 3. The number of ether oxygens (including phenoxy) is 2. The monoisotopic (exact) mass is 380 g/mol. The van der Waals surface area contributed by atoms with Gasteiger partial charge < -0.3 is 9.47 Å². The summed E-state index contributed by atoms with van der Waals surface area (Å²) in [6.45, 7) is 0. The number of thiazole rings is 1. The first-order valence-corrected chi connectivity index (χ1v) is 9.00. The zero-order chi connectivity index (χ0) is 18.8. The van der Waals surface area contributed by atoms with Crippen LogP contribution >= 0.6 is 11.3 Å². The normalized spacial score (nSPS) is 10.7. The lowest BCUT2D eigenvalue weighted by Crippen LogP contribution is -2.13. The lowest BCUT2D eigenvalue weighted by Gasteiger charge is -2.03. The molecular formula is C19H16N4O3S. The van der Waals surface area contributed by atoms with Gasteiger partial charge in [-0.1, -0.05) is 0 Å². The number of aromatic nitrogens is 3. The number of hydrogen-bond acceptors (Lipinski definition) is 6. The van der Waals surface area contributed by atoms with Crippen LogP contribution in [0.15, 0.2) is 53.9 Å². The molecule has 1 N–H and O–H groups in total. The van der Waals surface area contributed by atoms with Crippen LogP contribution in [-0.4, -0.2) is 34.7 Å². The van der Waals surface area contributed by atoms with Gasteiger partial charge in [0.05, 0.1) is 19.9 Å². The Bertz CT molecular complexity index is 1080. The van der Waals surface area contributed by atoms with E-state index in [2.05, 4.69) is 15.4 Å². The number of fused-ring (bicyclic) bond motifs is 1. The molecule has 8 heteroatoms. The van der Waals surface area contributed by atoms with Gasteiger partial charge >= 0.3 is 0 Å². The molecule has 2 heterocycles. The smallest absolute Gasteiger partial charge is 0.258 e. The van der Waals surface area contributed by atoms with Crippen LogP contribution in [0.4, 0.5) is 5.95 Å². The fourth-order valence-corrected chi connectivity index (χ4v) is 3.44. The molecule has 27 heavy (non-hydrogen) atoms. The van der Waals surface area contributed by atoms with Crippen molar-refractivity contribution in [3.8, 4) is 22.8 Å². The van der Waals surface area contributed by atoms with Crippen LogP contribution in [0.25, 0.3) is 16.2 Å². The molecule has 1 amide bonds. The molecule has 0 aliphatic carbocycles. The van der Waals surface area contributed by atoms with Crippen LogP contribution in [0, 0.1) is 0 Å². The minimum absolute atomic E-state index is 0.262. The van der Waals surface area contributed by atoms with E-state index in [0.29, 0.717) is 16.3 Å². The van der Waals surface area contributed by atoms with E-state index in [9.17, 15) is 4.79 Å². The Kier molecular flexibility index (Phi) is 4.47. The predicted octanol–water partition coefficient (Wildman–Crippen LogP) is 3.73. The molecule has 2 aromatic carbocycles. The minimum Gasteiger partial charge on any atom is -0.497 e. The Hall–Kier alpha value is -3.39. The lowest BCUT2D eigenvalue weighted by atomic mass is 10.2. The number of carbonyl (C=O) groups is 1. The highest BCUT2D eigenvalue weighted by molar-refractivity contribution is 7.15. The largest absolute Gasteiger partial charge is 0.497 e. The number of nitrogens with one attached hydrogen (secondary N) is 1. The number of methoxy groups -OCH3 is 2. The van der Waals surface area contributed by atoms with Gasteiger partial charge in [0.1, 0.15) is 11.5 Å². The summed E-state index contributed by atoms with van der Waals surface area (Å²) in [6.07, 6.45) is 0. The van der Waals surface area contributed by atoms with Crippen LogP contribution in [-0.2, 0) is 0 Å². The maximum atomic E-state index is 12.4. The molecule has 0 atom stereocenters. The second-order valence-electron chi connectivity index (χ2n) is 5.66. The predicted molar refractivity (Wildman–Crippen MR) is 104 cm³/mol. The van der Waals surface area contributed by atoms with E-state index in [1.54, 1.807) is 43.0 Å². The SMILES string of the molecule is COc1ccc(C(=O)Nc2nc3scc(-c4ccc(OC)cc4)n3n2)cc1. The quantitative estimate of drug-likeness (QED) is 0.571. The van der Waals surface area contributed by atoms with Crippen molar-refractivity contribution in [1.82, 2.24) is 14.6 Å². The molecule has 0 aliphatic rings. The Labute approximate surface area is 159 Å². The molecule has 0 bridgehead atoms. The number of anilines is 1.